The van der Waals surface area contributed by atoms with Crippen LogP contribution < -0.4 is 5.32 Å². The molecule has 0 aliphatic heterocycles. The van der Waals surface area contributed by atoms with Crippen LogP contribution in [0, 0.1) is 0 Å². The zero-order chi connectivity index (χ0) is 13.8. The van der Waals surface area contributed by atoms with Gasteiger partial charge in [0.2, 0.25) is 0 Å². The molecule has 0 radical (unpaired) electrons. The van der Waals surface area contributed by atoms with Crippen molar-refractivity contribution in [3.8, 4) is 0 Å². The minimum absolute atomic E-state index is 0.141. The summed E-state index contributed by atoms with van der Waals surface area (Å²) in [7, 11) is 0. The number of hydrogen-bond acceptors (Lipinski definition) is 4. The van der Waals surface area contributed by atoms with Crippen molar-refractivity contribution in [2.45, 2.75) is 71.1 Å². The van der Waals surface area contributed by atoms with Crippen molar-refractivity contribution in [2.24, 2.45) is 0 Å². The molecule has 1 aliphatic rings. The molecule has 0 aromatic rings. The largest absolute Gasteiger partial charge is 0.460 e. The van der Waals surface area contributed by atoms with Gasteiger partial charge in [0.15, 0.2) is 0 Å². The zero-order valence-corrected chi connectivity index (χ0v) is 11.6. The lowest BCUT2D eigenvalue weighted by Crippen LogP contribution is -2.48. The summed E-state index contributed by atoms with van der Waals surface area (Å²) in [6.45, 7) is 6.84. The summed E-state index contributed by atoms with van der Waals surface area (Å²) in [5.41, 5.74) is -0.518. The smallest absolute Gasteiger partial charge is 0.408 e. The summed E-state index contributed by atoms with van der Waals surface area (Å²) in [5, 5.41) is 2.79. The van der Waals surface area contributed by atoms with E-state index in [9.17, 15) is 9.59 Å². The fourth-order valence-electron chi connectivity index (χ4n) is 2.08. The maximum atomic E-state index is 11.7. The Kier molecular flexibility index (Phi) is 4.99. The first kappa shape index (κ1) is 14.8. The first-order chi connectivity index (χ1) is 8.28. The van der Waals surface area contributed by atoms with Gasteiger partial charge in [-0.25, -0.2) is 4.79 Å². The number of carbonyl (C=O) groups is 2. The standard InChI is InChI=1S/C13H23NO4/c1-9(15)17-11-8-6-5-7-10(11)14-12(16)18-13(2,3)4/h10-11H,5-8H2,1-4H3,(H,14,16)/t10-,11-/m0/s1. The molecule has 0 saturated heterocycles. The van der Waals surface area contributed by atoms with E-state index >= 15 is 0 Å². The molecule has 1 aliphatic carbocycles. The molecular formula is C13H23NO4. The third-order valence-corrected chi connectivity index (χ3v) is 2.72. The van der Waals surface area contributed by atoms with Gasteiger partial charge in [-0.05, 0) is 40.0 Å². The third kappa shape index (κ3) is 5.38. The number of hydrogen-bond donors (Lipinski definition) is 1. The second-order valence-corrected chi connectivity index (χ2v) is 5.69. The van der Waals surface area contributed by atoms with Crippen LogP contribution in [0.15, 0.2) is 0 Å². The fourth-order valence-corrected chi connectivity index (χ4v) is 2.08. The summed E-state index contributed by atoms with van der Waals surface area (Å²) < 4.78 is 10.4. The van der Waals surface area contributed by atoms with Crippen LogP contribution in [0.5, 0.6) is 0 Å². The van der Waals surface area contributed by atoms with Crippen LogP contribution in [0.25, 0.3) is 0 Å². The first-order valence-electron chi connectivity index (χ1n) is 6.44. The summed E-state index contributed by atoms with van der Waals surface area (Å²) in [5.74, 6) is -0.308. The van der Waals surface area contributed by atoms with E-state index in [-0.39, 0.29) is 18.1 Å². The Labute approximate surface area is 108 Å². The third-order valence-electron chi connectivity index (χ3n) is 2.72. The highest BCUT2D eigenvalue weighted by atomic mass is 16.6. The molecule has 1 N–H and O–H groups in total. The predicted octanol–water partition coefficient (Wildman–Crippen LogP) is 2.39. The van der Waals surface area contributed by atoms with Gasteiger partial charge in [0.05, 0.1) is 6.04 Å². The second-order valence-electron chi connectivity index (χ2n) is 5.69. The van der Waals surface area contributed by atoms with Crippen LogP contribution in [0.2, 0.25) is 0 Å². The van der Waals surface area contributed by atoms with Crippen LogP contribution in [-0.2, 0) is 14.3 Å². The van der Waals surface area contributed by atoms with E-state index in [1.807, 2.05) is 20.8 Å². The average Bonchev–Trinajstić information content (AvgIpc) is 2.17. The van der Waals surface area contributed by atoms with Gasteiger partial charge in [-0.1, -0.05) is 6.42 Å². The van der Waals surface area contributed by atoms with Crippen molar-refractivity contribution in [3.05, 3.63) is 0 Å². The highest BCUT2D eigenvalue weighted by Gasteiger charge is 2.30. The molecule has 1 rings (SSSR count). The Morgan fingerprint density at radius 3 is 2.33 bits per heavy atom. The number of carbonyl (C=O) groups excluding carboxylic acids is 2. The number of amides is 1. The van der Waals surface area contributed by atoms with Crippen LogP contribution in [0.4, 0.5) is 4.79 Å². The molecule has 1 fully saturated rings. The molecule has 0 aromatic carbocycles. The monoisotopic (exact) mass is 257 g/mol. The molecule has 0 unspecified atom stereocenters. The number of nitrogens with one attached hydrogen (secondary N) is 1. The van der Waals surface area contributed by atoms with Gasteiger partial charge in [0.25, 0.3) is 0 Å². The molecule has 0 heterocycles. The lowest BCUT2D eigenvalue weighted by Gasteiger charge is -2.32. The first-order valence-corrected chi connectivity index (χ1v) is 6.44. The van der Waals surface area contributed by atoms with Crippen LogP contribution in [0.1, 0.15) is 53.4 Å². The van der Waals surface area contributed by atoms with E-state index in [1.165, 1.54) is 6.92 Å². The Hall–Kier alpha value is -1.26. The zero-order valence-electron chi connectivity index (χ0n) is 11.6. The Bertz CT molecular complexity index is 309. The van der Waals surface area contributed by atoms with Gasteiger partial charge < -0.3 is 14.8 Å². The molecule has 0 bridgehead atoms. The fraction of sp³-hybridized carbons (Fsp3) is 0.846. The number of esters is 1. The topological polar surface area (TPSA) is 64.6 Å². The van der Waals surface area contributed by atoms with Gasteiger partial charge in [-0.3, -0.25) is 4.79 Å². The highest BCUT2D eigenvalue weighted by Crippen LogP contribution is 2.22. The van der Waals surface area contributed by atoms with Crippen LogP contribution in [0.3, 0.4) is 0 Å². The second kappa shape index (κ2) is 6.07. The Morgan fingerprint density at radius 1 is 1.17 bits per heavy atom. The van der Waals surface area contributed by atoms with E-state index in [2.05, 4.69) is 5.32 Å². The number of rotatable bonds is 2. The Morgan fingerprint density at radius 2 is 1.78 bits per heavy atom. The maximum absolute atomic E-state index is 11.7. The normalized spacial score (nSPS) is 24.2. The van der Waals surface area contributed by atoms with Crippen LogP contribution >= 0.6 is 0 Å². The van der Waals surface area contributed by atoms with Gasteiger partial charge in [-0.15, -0.1) is 0 Å². The molecule has 0 aromatic heterocycles. The minimum atomic E-state index is -0.518. The quantitative estimate of drug-likeness (QED) is 0.771. The predicted molar refractivity (Wildman–Crippen MR) is 67.2 cm³/mol. The van der Waals surface area contributed by atoms with Crippen molar-refractivity contribution in [1.29, 1.82) is 0 Å². The molecular weight excluding hydrogens is 234 g/mol. The van der Waals surface area contributed by atoms with E-state index in [0.29, 0.717) is 0 Å². The van der Waals surface area contributed by atoms with Crippen molar-refractivity contribution in [2.75, 3.05) is 0 Å². The summed E-state index contributed by atoms with van der Waals surface area (Å²) in [6, 6.07) is -0.141. The lowest BCUT2D eigenvalue weighted by molar-refractivity contribution is -0.149. The molecule has 1 saturated carbocycles. The van der Waals surface area contributed by atoms with Crippen molar-refractivity contribution < 1.29 is 19.1 Å². The minimum Gasteiger partial charge on any atom is -0.460 e. The highest BCUT2D eigenvalue weighted by molar-refractivity contribution is 5.69. The Balaban J connectivity index is 2.51. The molecule has 0 spiro atoms. The average molecular weight is 257 g/mol. The maximum Gasteiger partial charge on any atom is 0.408 e. The molecule has 1 amide bonds. The van der Waals surface area contributed by atoms with E-state index in [4.69, 9.17) is 9.47 Å². The van der Waals surface area contributed by atoms with Gasteiger partial charge in [0, 0.05) is 6.92 Å². The number of alkyl carbamates (subject to hydrolysis) is 1. The SMILES string of the molecule is CC(=O)O[C@H]1CCCC[C@@H]1NC(=O)OC(C)(C)C. The summed E-state index contributed by atoms with van der Waals surface area (Å²) in [6.07, 6.45) is 2.97. The van der Waals surface area contributed by atoms with E-state index in [0.717, 1.165) is 25.7 Å². The molecule has 5 heteroatoms. The molecule has 2 atom stereocenters. The van der Waals surface area contributed by atoms with Gasteiger partial charge in [0.1, 0.15) is 11.7 Å². The van der Waals surface area contributed by atoms with Crippen molar-refractivity contribution in [1.82, 2.24) is 5.32 Å². The number of ether oxygens (including phenoxy) is 2. The van der Waals surface area contributed by atoms with Gasteiger partial charge in [-0.2, -0.15) is 0 Å². The van der Waals surface area contributed by atoms with E-state index < -0.39 is 11.7 Å². The lowest BCUT2D eigenvalue weighted by atomic mass is 9.92. The summed E-state index contributed by atoms with van der Waals surface area (Å²) >= 11 is 0. The van der Waals surface area contributed by atoms with Crippen molar-refractivity contribution >= 4 is 12.1 Å². The molecule has 5 nitrogen and oxygen atoms in total. The van der Waals surface area contributed by atoms with Gasteiger partial charge >= 0.3 is 12.1 Å². The summed E-state index contributed by atoms with van der Waals surface area (Å²) in [4.78, 5) is 22.7. The van der Waals surface area contributed by atoms with E-state index in [1.54, 1.807) is 0 Å². The van der Waals surface area contributed by atoms with Crippen LogP contribution in [-0.4, -0.2) is 29.8 Å². The molecule has 104 valence electrons. The van der Waals surface area contributed by atoms with Crippen molar-refractivity contribution in [3.63, 3.8) is 0 Å². The molecule has 18 heavy (non-hydrogen) atoms.